The van der Waals surface area contributed by atoms with E-state index in [9.17, 15) is 5.11 Å². The molecule has 0 spiro atoms. The molecule has 7 heteroatoms. The number of likely N-dealkylation sites (tertiary alicyclic amines) is 1. The topological polar surface area (TPSA) is 84.5 Å². The van der Waals surface area contributed by atoms with Crippen molar-refractivity contribution in [1.82, 2.24) is 20.0 Å². The zero-order valence-corrected chi connectivity index (χ0v) is 14.7. The highest BCUT2D eigenvalue weighted by Crippen LogP contribution is 2.26. The number of methoxy groups -OCH3 is 1. The normalized spacial score (nSPS) is 20.8. The number of aliphatic hydroxyl groups excluding tert-OH is 1. The van der Waals surface area contributed by atoms with Gasteiger partial charge in [0.25, 0.3) is 0 Å². The molecule has 0 bridgehead atoms. The Labute approximate surface area is 151 Å². The van der Waals surface area contributed by atoms with Crippen LogP contribution in [0.3, 0.4) is 0 Å². The molecular weight excluding hydrogens is 332 g/mol. The minimum atomic E-state index is -0.372. The summed E-state index contributed by atoms with van der Waals surface area (Å²) in [7, 11) is 1.60. The van der Waals surface area contributed by atoms with Crippen LogP contribution in [-0.2, 0) is 24.3 Å². The maximum absolute atomic E-state index is 10.5. The van der Waals surface area contributed by atoms with Gasteiger partial charge in [0.15, 0.2) is 5.82 Å². The molecule has 0 aliphatic carbocycles. The Bertz CT molecular complexity index is 877. The lowest BCUT2D eigenvalue weighted by atomic mass is 9.94. The zero-order valence-electron chi connectivity index (χ0n) is 14.7. The largest absolute Gasteiger partial charge is 0.391 e. The monoisotopic (exact) mass is 354 g/mol. The molecule has 4 rings (SSSR count). The summed E-state index contributed by atoms with van der Waals surface area (Å²) >= 11 is 0. The zero-order chi connectivity index (χ0) is 17.9. The van der Waals surface area contributed by atoms with E-state index < -0.39 is 0 Å². The first-order chi connectivity index (χ1) is 12.7. The number of β-amino-alcohol motifs (C(OH)–C–C–N with tert-alkyl or cyclic N) is 1. The Hall–Kier alpha value is -2.35. The summed E-state index contributed by atoms with van der Waals surface area (Å²) < 4.78 is 10.3. The van der Waals surface area contributed by atoms with Crippen LogP contribution >= 0.6 is 0 Å². The van der Waals surface area contributed by atoms with Gasteiger partial charge in [-0.25, -0.2) is 0 Å². The van der Waals surface area contributed by atoms with E-state index in [0.29, 0.717) is 31.4 Å². The Morgan fingerprint density at radius 2 is 2.15 bits per heavy atom. The Morgan fingerprint density at radius 1 is 1.27 bits per heavy atom. The van der Waals surface area contributed by atoms with Crippen molar-refractivity contribution in [1.29, 1.82) is 0 Å². The van der Waals surface area contributed by atoms with Crippen molar-refractivity contribution in [2.45, 2.75) is 25.7 Å². The third-order valence-electron chi connectivity index (χ3n) is 4.85. The average Bonchev–Trinajstić information content (AvgIpc) is 3.22. The number of aliphatic hydroxyl groups is 1. The predicted octanol–water partition coefficient (Wildman–Crippen LogP) is 1.80. The average molecular weight is 354 g/mol. The highest BCUT2D eigenvalue weighted by atomic mass is 16.5. The second kappa shape index (κ2) is 7.49. The van der Waals surface area contributed by atoms with Crippen LogP contribution in [0.25, 0.3) is 10.9 Å². The van der Waals surface area contributed by atoms with E-state index in [0.717, 1.165) is 23.9 Å². The molecule has 1 aliphatic heterocycles. The van der Waals surface area contributed by atoms with Crippen LogP contribution in [0.5, 0.6) is 0 Å². The van der Waals surface area contributed by atoms with Crippen molar-refractivity contribution >= 4 is 10.9 Å². The molecule has 1 N–H and O–H groups in total. The molecule has 1 aliphatic rings. The molecule has 3 heterocycles. The summed E-state index contributed by atoms with van der Waals surface area (Å²) in [5.41, 5.74) is 2.22. The molecule has 3 aromatic rings. The standard InChI is InChI=1S/C19H22N4O3/c1-25-12-18-21-19(26-22-18)11-23-9-14(17(24)10-23)8-13-6-7-20-16-5-3-2-4-15(13)16/h2-7,14,17,24H,8-12H2,1H3/t14-,17+/m1/s1. The lowest BCUT2D eigenvalue weighted by Gasteiger charge is -2.15. The quantitative estimate of drug-likeness (QED) is 0.722. The minimum Gasteiger partial charge on any atom is -0.391 e. The molecule has 0 saturated carbocycles. The highest BCUT2D eigenvalue weighted by molar-refractivity contribution is 5.81. The van der Waals surface area contributed by atoms with Crippen molar-refractivity contribution in [2.75, 3.05) is 20.2 Å². The number of ether oxygens (including phenoxy) is 1. The Kier molecular flexibility index (Phi) is 4.92. The third-order valence-corrected chi connectivity index (χ3v) is 4.85. The van der Waals surface area contributed by atoms with E-state index in [4.69, 9.17) is 9.26 Å². The molecule has 136 valence electrons. The van der Waals surface area contributed by atoms with E-state index in [1.165, 1.54) is 5.56 Å². The van der Waals surface area contributed by atoms with Crippen LogP contribution in [-0.4, -0.2) is 51.4 Å². The van der Waals surface area contributed by atoms with Gasteiger partial charge in [-0.05, 0) is 24.1 Å². The summed E-state index contributed by atoms with van der Waals surface area (Å²) in [6.45, 7) is 2.28. The number of aromatic nitrogens is 3. The van der Waals surface area contributed by atoms with Crippen LogP contribution in [0.4, 0.5) is 0 Å². The first kappa shape index (κ1) is 17.1. The van der Waals surface area contributed by atoms with Crippen molar-refractivity contribution in [3.63, 3.8) is 0 Å². The van der Waals surface area contributed by atoms with Gasteiger partial charge in [-0.2, -0.15) is 4.98 Å². The lowest BCUT2D eigenvalue weighted by molar-refractivity contribution is 0.139. The van der Waals surface area contributed by atoms with Gasteiger partial charge in [-0.15, -0.1) is 0 Å². The van der Waals surface area contributed by atoms with Crippen LogP contribution < -0.4 is 0 Å². The SMILES string of the molecule is COCc1noc(CN2C[C@@H](Cc3ccnc4ccccc34)[C@@H](O)C2)n1. The van der Waals surface area contributed by atoms with E-state index in [1.54, 1.807) is 7.11 Å². The molecule has 1 fully saturated rings. The molecule has 1 saturated heterocycles. The fraction of sp³-hybridized carbons (Fsp3) is 0.421. The van der Waals surface area contributed by atoms with Crippen molar-refractivity contribution in [2.24, 2.45) is 5.92 Å². The number of para-hydroxylation sites is 1. The fourth-order valence-corrected chi connectivity index (χ4v) is 3.62. The van der Waals surface area contributed by atoms with E-state index in [2.05, 4.69) is 26.1 Å². The van der Waals surface area contributed by atoms with Gasteiger partial charge >= 0.3 is 0 Å². The van der Waals surface area contributed by atoms with E-state index in [1.807, 2.05) is 30.5 Å². The number of pyridine rings is 1. The predicted molar refractivity (Wildman–Crippen MR) is 95.2 cm³/mol. The summed E-state index contributed by atoms with van der Waals surface area (Å²) in [5, 5.41) is 15.6. The first-order valence-electron chi connectivity index (χ1n) is 8.76. The van der Waals surface area contributed by atoms with Gasteiger partial charge in [0.2, 0.25) is 5.89 Å². The number of fused-ring (bicyclic) bond motifs is 1. The van der Waals surface area contributed by atoms with Gasteiger partial charge in [0.05, 0.1) is 18.2 Å². The van der Waals surface area contributed by atoms with Crippen molar-refractivity contribution in [3.8, 4) is 0 Å². The second-order valence-corrected chi connectivity index (χ2v) is 6.75. The molecule has 0 unspecified atom stereocenters. The van der Waals surface area contributed by atoms with Crippen LogP contribution in [0.15, 0.2) is 41.1 Å². The smallest absolute Gasteiger partial charge is 0.240 e. The third kappa shape index (κ3) is 3.60. The van der Waals surface area contributed by atoms with Gasteiger partial charge in [-0.3, -0.25) is 9.88 Å². The summed E-state index contributed by atoms with van der Waals surface area (Å²) in [5.74, 6) is 1.27. The summed E-state index contributed by atoms with van der Waals surface area (Å²) in [4.78, 5) is 10.9. The van der Waals surface area contributed by atoms with Crippen LogP contribution in [0.1, 0.15) is 17.3 Å². The second-order valence-electron chi connectivity index (χ2n) is 6.75. The molecule has 0 amide bonds. The van der Waals surface area contributed by atoms with Crippen LogP contribution in [0.2, 0.25) is 0 Å². The number of nitrogens with zero attached hydrogens (tertiary/aromatic N) is 4. The lowest BCUT2D eigenvalue weighted by Crippen LogP contribution is -2.21. The molecular formula is C19H22N4O3. The molecule has 7 nitrogen and oxygen atoms in total. The van der Waals surface area contributed by atoms with Gasteiger partial charge < -0.3 is 14.4 Å². The Morgan fingerprint density at radius 3 is 3.04 bits per heavy atom. The van der Waals surface area contributed by atoms with Gasteiger partial charge in [0, 0.05) is 37.7 Å². The molecule has 0 radical (unpaired) electrons. The van der Waals surface area contributed by atoms with E-state index >= 15 is 0 Å². The number of benzene rings is 1. The number of hydrogen-bond donors (Lipinski definition) is 1. The number of hydrogen-bond acceptors (Lipinski definition) is 7. The van der Waals surface area contributed by atoms with Gasteiger partial charge in [0.1, 0.15) is 6.61 Å². The highest BCUT2D eigenvalue weighted by Gasteiger charge is 2.32. The maximum atomic E-state index is 10.5. The van der Waals surface area contributed by atoms with Crippen molar-refractivity contribution < 1.29 is 14.4 Å². The number of rotatable bonds is 6. The van der Waals surface area contributed by atoms with Crippen LogP contribution in [0, 0.1) is 5.92 Å². The Balaban J connectivity index is 1.43. The van der Waals surface area contributed by atoms with E-state index in [-0.39, 0.29) is 12.0 Å². The fourth-order valence-electron chi connectivity index (χ4n) is 3.62. The molecule has 2 atom stereocenters. The molecule has 26 heavy (non-hydrogen) atoms. The molecule has 2 aromatic heterocycles. The van der Waals surface area contributed by atoms with Gasteiger partial charge in [-0.1, -0.05) is 23.4 Å². The minimum absolute atomic E-state index is 0.169. The van der Waals surface area contributed by atoms with Crippen molar-refractivity contribution in [3.05, 3.63) is 53.8 Å². The summed E-state index contributed by atoms with van der Waals surface area (Å²) in [6.07, 6.45) is 2.29. The maximum Gasteiger partial charge on any atom is 0.240 e. The first-order valence-corrected chi connectivity index (χ1v) is 8.76. The summed E-state index contributed by atoms with van der Waals surface area (Å²) in [6, 6.07) is 10.2. The molecule has 1 aromatic carbocycles.